The molecule has 0 radical (unpaired) electrons. The maximum Gasteiger partial charge on any atom is 0.198 e. The van der Waals surface area contributed by atoms with Crippen molar-refractivity contribution >= 4 is 132 Å². The van der Waals surface area contributed by atoms with Crippen molar-refractivity contribution in [1.82, 2.24) is 0 Å². The quantitative estimate of drug-likeness (QED) is 0.0971. The summed E-state index contributed by atoms with van der Waals surface area (Å²) < 4.78 is 51.5. The van der Waals surface area contributed by atoms with Crippen molar-refractivity contribution in [2.45, 2.75) is 27.7 Å². The second kappa shape index (κ2) is 47.5. The summed E-state index contributed by atoms with van der Waals surface area (Å²) in [6.45, 7) is 8.19. The minimum atomic E-state index is -0.286. The maximum atomic E-state index is 12.7. The van der Waals surface area contributed by atoms with Gasteiger partial charge in [0.05, 0.1) is 0 Å². The fourth-order valence-electron chi connectivity index (χ4n) is 9.09. The van der Waals surface area contributed by atoms with E-state index in [4.69, 9.17) is 130 Å². The van der Waals surface area contributed by atoms with Gasteiger partial charge in [-0.3, -0.25) is 0 Å². The summed E-state index contributed by atoms with van der Waals surface area (Å²) in [5.74, 6) is 4.99. The van der Waals surface area contributed by atoms with Crippen LogP contribution < -0.4 is 33.2 Å². The molecule has 14 aromatic carbocycles. The lowest BCUT2D eigenvalue weighted by atomic mass is 10.2. The smallest absolute Gasteiger partial charge is 0.198 e. The molecule has 0 N–H and O–H groups in total. The predicted molar refractivity (Wildman–Crippen MR) is 480 cm³/mol. The molecule has 554 valence electrons. The summed E-state index contributed by atoms with van der Waals surface area (Å²) in [7, 11) is 0. The molecule has 0 saturated heterocycles. The van der Waals surface area contributed by atoms with E-state index in [0.29, 0.717) is 51.7 Å². The SMILES string of the molecule is Cc1ccc(C(=S)Oc2ccccc2)cc1.Cc1ccc(C(=S)Oc2ccccc2)cc1.Cc1ccc(C(=S)Oc2ccccc2)cc1.Cc1ccc(C(=S)Oc2ccccc2)cc1.Fc1ccc(C(=S)Oc2ccccc2)cc1.S=C(Oc1ccccc1)c1ccc(Cl)cc1.S=C(Oc1ccccc1)c1ccccc1. The topological polar surface area (TPSA) is 64.6 Å². The number of halogens is 2. The average molecular weight is 1610 g/mol. The molecule has 0 aliphatic heterocycles. The van der Waals surface area contributed by atoms with Gasteiger partial charge in [-0.15, -0.1) is 0 Å². The van der Waals surface area contributed by atoms with E-state index in [1.54, 1.807) is 24.3 Å². The number of ether oxygens (including phenoxy) is 7. The summed E-state index contributed by atoms with van der Waals surface area (Å²) in [6, 6.07) is 121. The molecule has 0 amide bonds. The summed E-state index contributed by atoms with van der Waals surface area (Å²) >= 11 is 42.1. The van der Waals surface area contributed by atoms with Gasteiger partial charge in [0.25, 0.3) is 0 Å². The summed E-state index contributed by atoms with van der Waals surface area (Å²) in [5, 5.41) is 4.00. The summed E-state index contributed by atoms with van der Waals surface area (Å²) in [4.78, 5) is 0. The Labute approximate surface area is 692 Å². The Hall–Kier alpha value is -11.5. The zero-order valence-electron chi connectivity index (χ0n) is 60.9. The molecule has 0 saturated carbocycles. The van der Waals surface area contributed by atoms with Gasteiger partial charge >= 0.3 is 0 Å². The van der Waals surface area contributed by atoms with Crippen LogP contribution in [0.25, 0.3) is 0 Å². The highest BCUT2D eigenvalue weighted by Gasteiger charge is 2.10. The van der Waals surface area contributed by atoms with Crippen LogP contribution in [0.15, 0.2) is 388 Å². The molecule has 7 nitrogen and oxygen atoms in total. The molecule has 0 atom stereocenters. The number of benzene rings is 14. The largest absolute Gasteiger partial charge is 0.445 e. The minimum absolute atomic E-state index is 0.286. The highest BCUT2D eigenvalue weighted by molar-refractivity contribution is 7.81. The van der Waals surface area contributed by atoms with Crippen molar-refractivity contribution in [2.75, 3.05) is 0 Å². The van der Waals surface area contributed by atoms with E-state index in [0.717, 1.165) is 67.9 Å². The number of rotatable bonds is 14. The molecule has 0 heterocycles. The molecular formula is C95H76ClFO7S7. The molecule has 0 aliphatic rings. The zero-order valence-corrected chi connectivity index (χ0v) is 67.4. The van der Waals surface area contributed by atoms with Gasteiger partial charge in [0.15, 0.2) is 35.4 Å². The molecule has 0 aromatic heterocycles. The summed E-state index contributed by atoms with van der Waals surface area (Å²) in [6.07, 6.45) is 0. The maximum absolute atomic E-state index is 12.7. The van der Waals surface area contributed by atoms with Gasteiger partial charge in [0.2, 0.25) is 0 Å². The lowest BCUT2D eigenvalue weighted by molar-refractivity contribution is 0.566. The highest BCUT2D eigenvalue weighted by Crippen LogP contribution is 2.21. The summed E-state index contributed by atoms with van der Waals surface area (Å²) in [5.41, 5.74) is 11.1. The lowest BCUT2D eigenvalue weighted by Crippen LogP contribution is -2.06. The van der Waals surface area contributed by atoms with Crippen LogP contribution in [0.1, 0.15) is 61.2 Å². The third-order valence-corrected chi connectivity index (χ3v) is 17.5. The molecule has 111 heavy (non-hydrogen) atoms. The normalized spacial score (nSPS) is 9.78. The van der Waals surface area contributed by atoms with E-state index in [1.807, 2.05) is 380 Å². The van der Waals surface area contributed by atoms with Gasteiger partial charge < -0.3 is 33.2 Å². The molecule has 14 aromatic rings. The van der Waals surface area contributed by atoms with E-state index in [9.17, 15) is 4.39 Å². The third kappa shape index (κ3) is 32.3. The first-order valence-electron chi connectivity index (χ1n) is 34.6. The average Bonchev–Trinajstić information content (AvgIpc) is 0.890. The third-order valence-electron chi connectivity index (χ3n) is 15.0. The Morgan fingerprint density at radius 3 is 0.495 bits per heavy atom. The van der Waals surface area contributed by atoms with Gasteiger partial charge in [-0.25, -0.2) is 4.39 Å². The molecule has 16 heteroatoms. The van der Waals surface area contributed by atoms with Crippen LogP contribution in [0.4, 0.5) is 4.39 Å². The highest BCUT2D eigenvalue weighted by atomic mass is 35.5. The first-order chi connectivity index (χ1) is 53.9. The van der Waals surface area contributed by atoms with Crippen molar-refractivity contribution in [3.8, 4) is 40.2 Å². The van der Waals surface area contributed by atoms with E-state index >= 15 is 0 Å². The number of hydrogen-bond acceptors (Lipinski definition) is 14. The number of aryl methyl sites for hydroxylation is 4. The van der Waals surface area contributed by atoms with Crippen LogP contribution in [0.5, 0.6) is 40.2 Å². The first-order valence-corrected chi connectivity index (χ1v) is 37.9. The van der Waals surface area contributed by atoms with Gasteiger partial charge in [0, 0.05) is 44.0 Å². The number of hydrogen-bond donors (Lipinski definition) is 0. The van der Waals surface area contributed by atoms with E-state index in [2.05, 4.69) is 0 Å². The fourth-order valence-corrected chi connectivity index (χ4v) is 10.8. The Kier molecular flexibility index (Phi) is 36.4. The van der Waals surface area contributed by atoms with Gasteiger partial charge in [-0.1, -0.05) is 289 Å². The second-order valence-corrected chi connectivity index (χ2v) is 26.8. The van der Waals surface area contributed by atoms with Crippen molar-refractivity contribution in [2.24, 2.45) is 0 Å². The van der Waals surface area contributed by atoms with Crippen molar-refractivity contribution in [1.29, 1.82) is 0 Å². The van der Waals surface area contributed by atoms with Crippen molar-refractivity contribution in [3.63, 3.8) is 0 Å². The molecule has 0 aliphatic carbocycles. The Morgan fingerprint density at radius 1 is 0.189 bits per heavy atom. The van der Waals surface area contributed by atoms with Crippen LogP contribution in [-0.4, -0.2) is 35.4 Å². The Balaban J connectivity index is 0.000000163. The Bertz CT molecular complexity index is 4410. The monoisotopic (exact) mass is 1610 g/mol. The van der Waals surface area contributed by atoms with Crippen LogP contribution in [-0.2, 0) is 0 Å². The molecule has 0 spiro atoms. The predicted octanol–water partition coefficient (Wildman–Crippen LogP) is 26.1. The Morgan fingerprint density at radius 2 is 0.324 bits per heavy atom. The lowest BCUT2D eigenvalue weighted by Gasteiger charge is -2.06. The van der Waals surface area contributed by atoms with Gasteiger partial charge in [-0.2, -0.15) is 0 Å². The second-order valence-electron chi connectivity index (χ2n) is 23.8. The molecule has 14 rings (SSSR count). The van der Waals surface area contributed by atoms with Crippen LogP contribution in [0.2, 0.25) is 5.02 Å². The van der Waals surface area contributed by atoms with E-state index in [1.165, 1.54) is 34.4 Å². The van der Waals surface area contributed by atoms with Crippen LogP contribution in [0.3, 0.4) is 0 Å². The molecule has 0 bridgehead atoms. The van der Waals surface area contributed by atoms with Crippen molar-refractivity contribution < 1.29 is 37.5 Å². The molecular weight excluding hydrogens is 1530 g/mol. The van der Waals surface area contributed by atoms with E-state index < -0.39 is 0 Å². The number of thiocarbonyl (C=S) groups is 7. The number of para-hydroxylation sites is 7. The van der Waals surface area contributed by atoms with Crippen LogP contribution >= 0.6 is 97.1 Å². The van der Waals surface area contributed by atoms with Gasteiger partial charge in [-0.05, 0) is 247 Å². The zero-order chi connectivity index (χ0) is 78.8. The first kappa shape index (κ1) is 85.1. The molecule has 0 fully saturated rings. The minimum Gasteiger partial charge on any atom is -0.445 e. The molecule has 0 unspecified atom stereocenters. The standard InChI is InChI=1S/4C14H12OS.C13H9ClOS.C13H9FOS.C13H10OS/c4*1-11-7-9-12(10-8-11)14(16)15-13-5-3-2-4-6-13;2*14-11-8-6-10(7-9-11)13(16)15-12-4-2-1-3-5-12;15-13(11-7-3-1-4-8-11)14-12-9-5-2-6-10-12/h4*2-10H,1H3;2*1-9H;1-10H. The van der Waals surface area contributed by atoms with Crippen molar-refractivity contribution in [3.05, 3.63) is 460 Å². The van der Waals surface area contributed by atoms with Gasteiger partial charge in [0.1, 0.15) is 46.1 Å². The van der Waals surface area contributed by atoms with Crippen LogP contribution in [0, 0.1) is 33.5 Å². The van der Waals surface area contributed by atoms with E-state index in [-0.39, 0.29) is 5.82 Å². The fraction of sp³-hybridized carbons (Fsp3) is 0.0421.